The van der Waals surface area contributed by atoms with Crippen LogP contribution >= 0.6 is 0 Å². The van der Waals surface area contributed by atoms with Crippen molar-refractivity contribution >= 4 is 22.0 Å². The fraction of sp³-hybridized carbons (Fsp3) is 0.571. The van der Waals surface area contributed by atoms with E-state index in [2.05, 4.69) is 12.2 Å². The molecule has 148 valence electrons. The van der Waals surface area contributed by atoms with Gasteiger partial charge in [0, 0.05) is 30.5 Å². The predicted octanol–water partition coefficient (Wildman–Crippen LogP) is 3.39. The van der Waals surface area contributed by atoms with Gasteiger partial charge in [-0.1, -0.05) is 37.3 Å². The van der Waals surface area contributed by atoms with Crippen LogP contribution < -0.4 is 5.32 Å². The Hall–Kier alpha value is -1.66. The second-order valence-electron chi connectivity index (χ2n) is 7.90. The fourth-order valence-corrected chi connectivity index (χ4v) is 5.13. The quantitative estimate of drug-likeness (QED) is 0.838. The van der Waals surface area contributed by atoms with Crippen LogP contribution in [-0.4, -0.2) is 37.8 Å². The highest BCUT2D eigenvalue weighted by Gasteiger charge is 2.31. The normalized spacial score (nSPS) is 25.5. The Labute approximate surface area is 162 Å². The van der Waals surface area contributed by atoms with Gasteiger partial charge in [0.2, 0.25) is 15.9 Å². The average molecular weight is 391 g/mol. The summed E-state index contributed by atoms with van der Waals surface area (Å²) in [5, 5.41) is 4.46. The van der Waals surface area contributed by atoms with E-state index < -0.39 is 10.0 Å². The van der Waals surface area contributed by atoms with Crippen LogP contribution in [0.5, 0.6) is 0 Å². The van der Waals surface area contributed by atoms with Gasteiger partial charge in [-0.2, -0.15) is 4.31 Å². The molecule has 0 aromatic heterocycles. The number of hydrogen-bond acceptors (Lipinski definition) is 3. The van der Waals surface area contributed by atoms with Crippen molar-refractivity contribution in [3.8, 4) is 0 Å². The molecular weight excluding hydrogens is 360 g/mol. The zero-order valence-corrected chi connectivity index (χ0v) is 16.8. The first-order valence-electron chi connectivity index (χ1n) is 9.98. The molecule has 0 bridgehead atoms. The Morgan fingerprint density at radius 1 is 1.04 bits per heavy atom. The number of benzene rings is 1. The summed E-state index contributed by atoms with van der Waals surface area (Å²) < 4.78 is 26.5. The molecule has 1 aromatic rings. The number of carbonyl (C=O) groups excluding carboxylic acids is 1. The maximum Gasteiger partial charge on any atom is 0.236 e. The van der Waals surface area contributed by atoms with Crippen molar-refractivity contribution in [2.75, 3.05) is 13.1 Å². The Morgan fingerprint density at radius 3 is 2.30 bits per heavy atom. The molecule has 1 aliphatic carbocycles. The molecule has 1 amide bonds. The topological polar surface area (TPSA) is 66.5 Å². The van der Waals surface area contributed by atoms with E-state index in [4.69, 9.17) is 0 Å². The van der Waals surface area contributed by atoms with Gasteiger partial charge < -0.3 is 5.32 Å². The SMILES string of the molecule is CC1CCC(NC(=O)C2CCN(S(=O)(=O)/C=C/c3ccccc3)CC2)CC1. The van der Waals surface area contributed by atoms with Crippen molar-refractivity contribution in [2.24, 2.45) is 11.8 Å². The highest BCUT2D eigenvalue weighted by atomic mass is 32.2. The zero-order chi connectivity index (χ0) is 19.3. The standard InChI is InChI=1S/C21H30N2O3S/c1-17-7-9-20(10-8-17)22-21(24)19-11-14-23(15-12-19)27(25,26)16-13-18-5-3-2-4-6-18/h2-6,13,16-17,19-20H,7-12,14-15H2,1H3,(H,22,24)/b16-13+. The molecule has 1 saturated heterocycles. The largest absolute Gasteiger partial charge is 0.353 e. The Balaban J connectivity index is 1.49. The molecule has 0 unspecified atom stereocenters. The summed E-state index contributed by atoms with van der Waals surface area (Å²) in [6, 6.07) is 9.69. The summed E-state index contributed by atoms with van der Waals surface area (Å²) >= 11 is 0. The molecule has 1 saturated carbocycles. The smallest absolute Gasteiger partial charge is 0.236 e. The van der Waals surface area contributed by atoms with Crippen LogP contribution in [0.3, 0.4) is 0 Å². The van der Waals surface area contributed by atoms with Crippen molar-refractivity contribution in [1.82, 2.24) is 9.62 Å². The molecule has 1 heterocycles. The van der Waals surface area contributed by atoms with Gasteiger partial charge in [0.05, 0.1) is 0 Å². The molecular formula is C21H30N2O3S. The molecule has 27 heavy (non-hydrogen) atoms. The van der Waals surface area contributed by atoms with E-state index in [0.717, 1.165) is 24.3 Å². The van der Waals surface area contributed by atoms with E-state index in [1.54, 1.807) is 6.08 Å². The number of nitrogens with one attached hydrogen (secondary N) is 1. The lowest BCUT2D eigenvalue weighted by atomic mass is 9.87. The first kappa shape index (κ1) is 20.1. The lowest BCUT2D eigenvalue weighted by molar-refractivity contribution is -0.127. The van der Waals surface area contributed by atoms with Crippen molar-refractivity contribution < 1.29 is 13.2 Å². The number of piperidine rings is 1. The molecule has 5 nitrogen and oxygen atoms in total. The second kappa shape index (κ2) is 9.02. The van der Waals surface area contributed by atoms with Crippen LogP contribution in [0, 0.1) is 11.8 Å². The molecule has 2 fully saturated rings. The fourth-order valence-electron chi connectivity index (χ4n) is 3.91. The summed E-state index contributed by atoms with van der Waals surface area (Å²) in [4.78, 5) is 12.5. The van der Waals surface area contributed by atoms with Gasteiger partial charge in [0.25, 0.3) is 0 Å². The number of amides is 1. The molecule has 1 aromatic carbocycles. The van der Waals surface area contributed by atoms with E-state index >= 15 is 0 Å². The minimum atomic E-state index is -3.44. The van der Waals surface area contributed by atoms with Crippen LogP contribution in [0.15, 0.2) is 35.7 Å². The average Bonchev–Trinajstić information content (AvgIpc) is 2.69. The van der Waals surface area contributed by atoms with Gasteiger partial charge in [-0.05, 0) is 56.1 Å². The van der Waals surface area contributed by atoms with Crippen molar-refractivity contribution in [3.63, 3.8) is 0 Å². The summed E-state index contributed by atoms with van der Waals surface area (Å²) in [5.41, 5.74) is 0.858. The number of rotatable bonds is 5. The van der Waals surface area contributed by atoms with Crippen molar-refractivity contribution in [1.29, 1.82) is 0 Å². The highest BCUT2D eigenvalue weighted by Crippen LogP contribution is 2.25. The van der Waals surface area contributed by atoms with Crippen LogP contribution in [0.1, 0.15) is 51.0 Å². The van der Waals surface area contributed by atoms with Gasteiger partial charge in [0.15, 0.2) is 0 Å². The molecule has 0 atom stereocenters. The van der Waals surface area contributed by atoms with Gasteiger partial charge in [-0.15, -0.1) is 0 Å². The maximum absolute atomic E-state index is 12.5. The minimum Gasteiger partial charge on any atom is -0.353 e. The molecule has 2 aliphatic rings. The molecule has 3 rings (SSSR count). The Bertz CT molecular complexity index is 745. The van der Waals surface area contributed by atoms with E-state index in [1.165, 1.54) is 22.6 Å². The monoisotopic (exact) mass is 390 g/mol. The molecule has 1 aliphatic heterocycles. The number of hydrogen-bond donors (Lipinski definition) is 1. The maximum atomic E-state index is 12.5. The van der Waals surface area contributed by atoms with Crippen molar-refractivity contribution in [2.45, 2.75) is 51.5 Å². The molecule has 6 heteroatoms. The minimum absolute atomic E-state index is 0.0751. The molecule has 0 radical (unpaired) electrons. The number of nitrogens with zero attached hydrogens (tertiary/aromatic N) is 1. The van der Waals surface area contributed by atoms with Crippen LogP contribution in [-0.2, 0) is 14.8 Å². The molecule has 0 spiro atoms. The number of sulfonamides is 1. The lowest BCUT2D eigenvalue weighted by Gasteiger charge is -2.32. The third-order valence-corrected chi connectivity index (χ3v) is 7.34. The van der Waals surface area contributed by atoms with E-state index in [9.17, 15) is 13.2 Å². The first-order valence-corrected chi connectivity index (χ1v) is 11.5. The van der Waals surface area contributed by atoms with Crippen LogP contribution in [0.2, 0.25) is 0 Å². The Kier molecular flexibility index (Phi) is 6.71. The summed E-state index contributed by atoms with van der Waals surface area (Å²) in [7, 11) is -3.44. The van der Waals surface area contributed by atoms with E-state index in [0.29, 0.717) is 32.0 Å². The summed E-state index contributed by atoms with van der Waals surface area (Å²) in [6.45, 7) is 3.07. The third-order valence-electron chi connectivity index (χ3n) is 5.78. The van der Waals surface area contributed by atoms with Crippen LogP contribution in [0.25, 0.3) is 6.08 Å². The Morgan fingerprint density at radius 2 is 1.67 bits per heavy atom. The van der Waals surface area contributed by atoms with E-state index in [-0.39, 0.29) is 11.8 Å². The molecule has 1 N–H and O–H groups in total. The predicted molar refractivity (Wildman–Crippen MR) is 108 cm³/mol. The van der Waals surface area contributed by atoms with E-state index in [1.807, 2.05) is 30.3 Å². The van der Waals surface area contributed by atoms with Gasteiger partial charge in [0.1, 0.15) is 0 Å². The van der Waals surface area contributed by atoms with Crippen molar-refractivity contribution in [3.05, 3.63) is 41.3 Å². The highest BCUT2D eigenvalue weighted by molar-refractivity contribution is 7.92. The third kappa shape index (κ3) is 5.66. The van der Waals surface area contributed by atoms with Gasteiger partial charge >= 0.3 is 0 Å². The number of carbonyl (C=O) groups is 1. The summed E-state index contributed by atoms with van der Waals surface area (Å²) in [6.07, 6.45) is 7.28. The second-order valence-corrected chi connectivity index (χ2v) is 9.72. The lowest BCUT2D eigenvalue weighted by Crippen LogP contribution is -2.45. The van der Waals surface area contributed by atoms with Gasteiger partial charge in [-0.3, -0.25) is 4.79 Å². The summed E-state index contributed by atoms with van der Waals surface area (Å²) in [5.74, 6) is 0.788. The first-order chi connectivity index (χ1) is 12.9. The van der Waals surface area contributed by atoms with Crippen LogP contribution in [0.4, 0.5) is 0 Å². The zero-order valence-electron chi connectivity index (χ0n) is 16.0. The van der Waals surface area contributed by atoms with Gasteiger partial charge in [-0.25, -0.2) is 8.42 Å².